The van der Waals surface area contributed by atoms with Crippen LogP contribution >= 0.6 is 15.9 Å². The van der Waals surface area contributed by atoms with E-state index in [0.717, 1.165) is 29.3 Å². The molecule has 2 nitrogen and oxygen atoms in total. The first-order valence-corrected chi connectivity index (χ1v) is 6.40. The summed E-state index contributed by atoms with van der Waals surface area (Å²) in [6.07, 6.45) is 3.11. The quantitative estimate of drug-likeness (QED) is 0.765. The molecule has 0 saturated heterocycles. The fourth-order valence-corrected chi connectivity index (χ4v) is 2.59. The first-order valence-electron chi connectivity index (χ1n) is 5.61. The minimum absolute atomic E-state index is 0.540. The topological polar surface area (TPSA) is 20.3 Å². The summed E-state index contributed by atoms with van der Waals surface area (Å²) in [5.74, 6) is 0. The van der Waals surface area contributed by atoms with E-state index >= 15 is 0 Å². The highest BCUT2D eigenvalue weighted by Crippen LogP contribution is 2.28. The van der Waals surface area contributed by atoms with E-state index in [0.29, 0.717) is 11.6 Å². The molecule has 0 saturated carbocycles. The Hall–Kier alpha value is -0.830. The van der Waals surface area contributed by atoms with Crippen LogP contribution in [0.2, 0.25) is 0 Å². The first kappa shape index (κ1) is 13.2. The maximum Gasteiger partial charge on any atom is 0.150 e. The van der Waals surface area contributed by atoms with Gasteiger partial charge < -0.3 is 4.90 Å². The third-order valence-corrected chi connectivity index (χ3v) is 3.61. The molecule has 0 heterocycles. The molecular weight excluding hydrogens is 266 g/mol. The van der Waals surface area contributed by atoms with Gasteiger partial charge in [-0.3, -0.25) is 4.79 Å². The summed E-state index contributed by atoms with van der Waals surface area (Å²) >= 11 is 3.51. The molecule has 0 atom stereocenters. The lowest BCUT2D eigenvalue weighted by Crippen LogP contribution is -2.30. The van der Waals surface area contributed by atoms with Gasteiger partial charge in [0.15, 0.2) is 0 Å². The fourth-order valence-electron chi connectivity index (χ4n) is 1.92. The van der Waals surface area contributed by atoms with Crippen molar-refractivity contribution in [1.29, 1.82) is 0 Å². The predicted molar refractivity (Wildman–Crippen MR) is 72.3 cm³/mol. The van der Waals surface area contributed by atoms with Gasteiger partial charge in [-0.1, -0.05) is 13.8 Å². The van der Waals surface area contributed by atoms with E-state index < -0.39 is 0 Å². The zero-order valence-corrected chi connectivity index (χ0v) is 11.6. The summed E-state index contributed by atoms with van der Waals surface area (Å²) in [5, 5.41) is 0. The van der Waals surface area contributed by atoms with Gasteiger partial charge in [-0.25, -0.2) is 0 Å². The normalized spacial score (nSPS) is 10.6. The van der Waals surface area contributed by atoms with Crippen molar-refractivity contribution in [2.45, 2.75) is 32.7 Å². The van der Waals surface area contributed by atoms with Gasteiger partial charge in [0.25, 0.3) is 0 Å². The zero-order chi connectivity index (χ0) is 12.1. The minimum Gasteiger partial charge on any atom is -0.371 e. The van der Waals surface area contributed by atoms with Crippen LogP contribution in [0.1, 0.15) is 37.0 Å². The number of hydrogen-bond donors (Lipinski definition) is 0. The second kappa shape index (κ2) is 6.04. The van der Waals surface area contributed by atoms with E-state index in [-0.39, 0.29) is 0 Å². The molecule has 0 amide bonds. The number of carbonyl (C=O) groups is 1. The Morgan fingerprint density at radius 3 is 2.44 bits per heavy atom. The van der Waals surface area contributed by atoms with E-state index in [1.165, 1.54) is 0 Å². The Labute approximate surface area is 106 Å². The number of anilines is 1. The van der Waals surface area contributed by atoms with Crippen molar-refractivity contribution in [2.24, 2.45) is 0 Å². The molecule has 0 unspecified atom stereocenters. The molecule has 3 heteroatoms. The van der Waals surface area contributed by atoms with Crippen molar-refractivity contribution < 1.29 is 4.79 Å². The highest BCUT2D eigenvalue weighted by molar-refractivity contribution is 9.10. The summed E-state index contributed by atoms with van der Waals surface area (Å²) in [6, 6.07) is 6.25. The van der Waals surface area contributed by atoms with Crippen molar-refractivity contribution in [1.82, 2.24) is 0 Å². The molecule has 1 rings (SSSR count). The van der Waals surface area contributed by atoms with Crippen LogP contribution in [0.4, 0.5) is 5.69 Å². The molecule has 0 N–H and O–H groups in total. The molecule has 1 aromatic rings. The van der Waals surface area contributed by atoms with E-state index in [1.807, 2.05) is 18.2 Å². The molecule has 0 aliphatic heterocycles. The second-order valence-electron chi connectivity index (χ2n) is 3.91. The SMILES string of the molecule is CCC(CC)N(C)c1ccc(C=O)cc1Br. The Morgan fingerprint density at radius 2 is 2.00 bits per heavy atom. The number of carbonyl (C=O) groups excluding carboxylic acids is 1. The number of hydrogen-bond acceptors (Lipinski definition) is 2. The van der Waals surface area contributed by atoms with E-state index in [4.69, 9.17) is 0 Å². The highest BCUT2D eigenvalue weighted by Gasteiger charge is 2.13. The van der Waals surface area contributed by atoms with Crippen molar-refractivity contribution in [3.8, 4) is 0 Å². The number of rotatable bonds is 5. The Balaban J connectivity index is 2.99. The molecule has 0 radical (unpaired) electrons. The molecule has 0 fully saturated rings. The average molecular weight is 284 g/mol. The van der Waals surface area contributed by atoms with Gasteiger partial charge in [-0.15, -0.1) is 0 Å². The maximum atomic E-state index is 10.7. The van der Waals surface area contributed by atoms with Crippen LogP contribution in [0.3, 0.4) is 0 Å². The highest BCUT2D eigenvalue weighted by atomic mass is 79.9. The van der Waals surface area contributed by atoms with Gasteiger partial charge >= 0.3 is 0 Å². The van der Waals surface area contributed by atoms with E-state index in [1.54, 1.807) is 0 Å². The lowest BCUT2D eigenvalue weighted by molar-refractivity contribution is 0.112. The van der Waals surface area contributed by atoms with Crippen molar-refractivity contribution >= 4 is 27.9 Å². The number of benzene rings is 1. The van der Waals surface area contributed by atoms with Crippen LogP contribution in [0.5, 0.6) is 0 Å². The Kier molecular flexibility index (Phi) is 5.00. The van der Waals surface area contributed by atoms with Crippen LogP contribution in [-0.2, 0) is 0 Å². The molecule has 1 aromatic carbocycles. The average Bonchev–Trinajstić information content (AvgIpc) is 2.30. The molecular formula is C13H18BrNO. The molecule has 0 aliphatic carbocycles. The molecule has 0 bridgehead atoms. The van der Waals surface area contributed by atoms with Gasteiger partial charge in [-0.2, -0.15) is 0 Å². The van der Waals surface area contributed by atoms with Crippen LogP contribution in [-0.4, -0.2) is 19.4 Å². The summed E-state index contributed by atoms with van der Waals surface area (Å²) in [5.41, 5.74) is 1.84. The lowest BCUT2D eigenvalue weighted by Gasteiger charge is -2.29. The predicted octanol–water partition coefficient (Wildman–Crippen LogP) is 3.89. The van der Waals surface area contributed by atoms with Crippen LogP contribution in [0, 0.1) is 0 Å². The van der Waals surface area contributed by atoms with Crippen LogP contribution in [0.15, 0.2) is 22.7 Å². The van der Waals surface area contributed by atoms with Crippen LogP contribution in [0.25, 0.3) is 0 Å². The van der Waals surface area contributed by atoms with Gasteiger partial charge in [0.2, 0.25) is 0 Å². The molecule has 0 spiro atoms. The van der Waals surface area contributed by atoms with Gasteiger partial charge in [0.1, 0.15) is 6.29 Å². The minimum atomic E-state index is 0.540. The lowest BCUT2D eigenvalue weighted by atomic mass is 10.1. The Morgan fingerprint density at radius 1 is 1.38 bits per heavy atom. The summed E-state index contributed by atoms with van der Waals surface area (Å²) in [6.45, 7) is 4.39. The zero-order valence-electron chi connectivity index (χ0n) is 10.0. The molecule has 0 aliphatic rings. The summed E-state index contributed by atoms with van der Waals surface area (Å²) < 4.78 is 0.978. The first-order chi connectivity index (χ1) is 7.63. The largest absolute Gasteiger partial charge is 0.371 e. The third kappa shape index (κ3) is 2.85. The van der Waals surface area contributed by atoms with Gasteiger partial charge in [0, 0.05) is 23.1 Å². The molecule has 0 aromatic heterocycles. The van der Waals surface area contributed by atoms with Crippen molar-refractivity contribution in [2.75, 3.05) is 11.9 Å². The monoisotopic (exact) mass is 283 g/mol. The summed E-state index contributed by atoms with van der Waals surface area (Å²) in [7, 11) is 2.10. The second-order valence-corrected chi connectivity index (χ2v) is 4.76. The third-order valence-electron chi connectivity index (χ3n) is 2.98. The van der Waals surface area contributed by atoms with E-state index in [2.05, 4.69) is 41.7 Å². The fraction of sp³-hybridized carbons (Fsp3) is 0.462. The van der Waals surface area contributed by atoms with Crippen LogP contribution < -0.4 is 4.90 Å². The number of halogens is 1. The smallest absolute Gasteiger partial charge is 0.150 e. The number of nitrogens with zero attached hydrogens (tertiary/aromatic N) is 1. The maximum absolute atomic E-state index is 10.7. The van der Waals surface area contributed by atoms with E-state index in [9.17, 15) is 4.79 Å². The Bertz CT molecular complexity index is 361. The van der Waals surface area contributed by atoms with Gasteiger partial charge in [0.05, 0.1) is 5.69 Å². The molecule has 88 valence electrons. The van der Waals surface area contributed by atoms with Crippen molar-refractivity contribution in [3.63, 3.8) is 0 Å². The molecule has 16 heavy (non-hydrogen) atoms. The summed E-state index contributed by atoms with van der Waals surface area (Å²) in [4.78, 5) is 12.9. The van der Waals surface area contributed by atoms with Gasteiger partial charge in [-0.05, 0) is 47.0 Å². The standard InChI is InChI=1S/C13H18BrNO/c1-4-11(5-2)15(3)13-7-6-10(9-16)8-12(13)14/h6-9,11H,4-5H2,1-3H3. The van der Waals surface area contributed by atoms with Crippen molar-refractivity contribution in [3.05, 3.63) is 28.2 Å². The number of aldehydes is 1.